The second kappa shape index (κ2) is 8.14. The highest BCUT2D eigenvalue weighted by Gasteiger charge is 2.15. The Kier molecular flexibility index (Phi) is 5.24. The van der Waals surface area contributed by atoms with Gasteiger partial charge >= 0.3 is 0 Å². The molecule has 146 valence electrons. The number of nitrogens with one attached hydrogen (secondary N) is 1. The second-order valence-corrected chi connectivity index (χ2v) is 6.66. The zero-order chi connectivity index (χ0) is 20.2. The first kappa shape index (κ1) is 18.7. The molecule has 4 rings (SSSR count). The van der Waals surface area contributed by atoms with Crippen LogP contribution >= 0.6 is 0 Å². The van der Waals surface area contributed by atoms with Gasteiger partial charge in [0.15, 0.2) is 0 Å². The molecule has 29 heavy (non-hydrogen) atoms. The lowest BCUT2D eigenvalue weighted by Gasteiger charge is -2.11. The van der Waals surface area contributed by atoms with Gasteiger partial charge in [-0.15, -0.1) is 0 Å². The van der Waals surface area contributed by atoms with Crippen molar-refractivity contribution in [2.24, 2.45) is 0 Å². The molecule has 0 saturated heterocycles. The van der Waals surface area contributed by atoms with E-state index >= 15 is 0 Å². The van der Waals surface area contributed by atoms with Crippen LogP contribution in [0.15, 0.2) is 72.8 Å². The Morgan fingerprint density at radius 2 is 1.76 bits per heavy atom. The molecule has 0 aliphatic heterocycles. The Morgan fingerprint density at radius 1 is 1.03 bits per heavy atom. The maximum absolute atomic E-state index is 13.9. The Balaban J connectivity index is 1.62. The number of para-hydroxylation sites is 3. The summed E-state index contributed by atoms with van der Waals surface area (Å²) in [6, 6.07) is 21.5. The number of methoxy groups -OCH3 is 1. The number of aromatic nitrogens is 2. The fraction of sp³-hybridized carbons (Fsp3) is 0.130. The van der Waals surface area contributed by atoms with Gasteiger partial charge in [-0.25, -0.2) is 9.37 Å². The average molecular weight is 389 g/mol. The third kappa shape index (κ3) is 4.11. The molecule has 1 heterocycles. The van der Waals surface area contributed by atoms with Crippen LogP contribution in [0, 0.1) is 5.82 Å². The molecule has 5 nitrogen and oxygen atoms in total. The van der Waals surface area contributed by atoms with Crippen LogP contribution in [0.2, 0.25) is 0 Å². The van der Waals surface area contributed by atoms with Gasteiger partial charge in [0.2, 0.25) is 5.91 Å². The van der Waals surface area contributed by atoms with E-state index in [4.69, 9.17) is 9.72 Å². The molecule has 0 unspecified atom stereocenters. The van der Waals surface area contributed by atoms with Crippen molar-refractivity contribution in [3.8, 4) is 5.75 Å². The summed E-state index contributed by atoms with van der Waals surface area (Å²) in [5.41, 5.74) is 2.89. The predicted octanol–water partition coefficient (Wildman–Crippen LogP) is 4.41. The van der Waals surface area contributed by atoms with Crippen molar-refractivity contribution >= 4 is 22.6 Å². The largest absolute Gasteiger partial charge is 0.497 e. The first-order chi connectivity index (χ1) is 14.1. The summed E-state index contributed by atoms with van der Waals surface area (Å²) >= 11 is 0. The summed E-state index contributed by atoms with van der Waals surface area (Å²) in [5, 5.41) is 2.64. The molecule has 0 radical (unpaired) electrons. The molecule has 0 aliphatic carbocycles. The van der Waals surface area contributed by atoms with Crippen molar-refractivity contribution in [2.75, 3.05) is 12.4 Å². The molecule has 1 N–H and O–H groups in total. The summed E-state index contributed by atoms with van der Waals surface area (Å²) < 4.78 is 20.9. The molecule has 3 aromatic carbocycles. The van der Waals surface area contributed by atoms with Gasteiger partial charge in [-0.1, -0.05) is 36.4 Å². The van der Waals surface area contributed by atoms with Gasteiger partial charge in [-0.05, 0) is 42.0 Å². The molecule has 6 heteroatoms. The number of carbonyl (C=O) groups is 1. The lowest BCUT2D eigenvalue weighted by molar-refractivity contribution is -0.116. The maximum atomic E-state index is 13.9. The van der Waals surface area contributed by atoms with Crippen LogP contribution in [0.5, 0.6) is 5.75 Å². The van der Waals surface area contributed by atoms with Gasteiger partial charge in [0.05, 0.1) is 23.8 Å². The van der Waals surface area contributed by atoms with Crippen molar-refractivity contribution in [3.63, 3.8) is 0 Å². The van der Waals surface area contributed by atoms with Crippen LogP contribution in [0.1, 0.15) is 11.4 Å². The van der Waals surface area contributed by atoms with Crippen molar-refractivity contribution < 1.29 is 13.9 Å². The van der Waals surface area contributed by atoms with Crippen LogP contribution in [0.25, 0.3) is 11.0 Å². The highest BCUT2D eigenvalue weighted by molar-refractivity contribution is 5.91. The third-order valence-corrected chi connectivity index (χ3v) is 4.70. The number of anilines is 1. The molecule has 0 saturated carbocycles. The topological polar surface area (TPSA) is 56.2 Å². The van der Waals surface area contributed by atoms with Gasteiger partial charge < -0.3 is 14.6 Å². The number of fused-ring (bicyclic) bond motifs is 1. The van der Waals surface area contributed by atoms with E-state index in [1.807, 2.05) is 53.1 Å². The molecule has 0 bridgehead atoms. The zero-order valence-electron chi connectivity index (χ0n) is 15.9. The number of imidazole rings is 1. The first-order valence-electron chi connectivity index (χ1n) is 9.25. The second-order valence-electron chi connectivity index (χ2n) is 6.66. The van der Waals surface area contributed by atoms with Crippen LogP contribution in [0.3, 0.4) is 0 Å². The molecule has 1 aromatic heterocycles. The number of carbonyl (C=O) groups excluding carboxylic acids is 1. The third-order valence-electron chi connectivity index (χ3n) is 4.70. The van der Waals surface area contributed by atoms with E-state index in [2.05, 4.69) is 5.32 Å². The number of halogens is 1. The van der Waals surface area contributed by atoms with Gasteiger partial charge in [0.1, 0.15) is 23.9 Å². The van der Waals surface area contributed by atoms with E-state index in [-0.39, 0.29) is 18.1 Å². The molecule has 0 spiro atoms. The van der Waals surface area contributed by atoms with E-state index in [1.165, 1.54) is 12.1 Å². The lowest BCUT2D eigenvalue weighted by Crippen LogP contribution is -2.20. The van der Waals surface area contributed by atoms with Crippen LogP contribution < -0.4 is 10.1 Å². The Morgan fingerprint density at radius 3 is 2.52 bits per heavy atom. The fourth-order valence-corrected chi connectivity index (χ4v) is 3.26. The minimum atomic E-state index is -0.463. The molecule has 4 aromatic rings. The van der Waals surface area contributed by atoms with Gasteiger partial charge in [0.25, 0.3) is 0 Å². The van der Waals surface area contributed by atoms with E-state index in [0.717, 1.165) is 28.2 Å². The van der Waals surface area contributed by atoms with Crippen LogP contribution in [0.4, 0.5) is 10.1 Å². The monoisotopic (exact) mass is 389 g/mol. The van der Waals surface area contributed by atoms with E-state index in [1.54, 1.807) is 19.2 Å². The number of ether oxygens (including phenoxy) is 1. The van der Waals surface area contributed by atoms with Crippen molar-refractivity contribution in [3.05, 3.63) is 90.0 Å². The first-order valence-corrected chi connectivity index (χ1v) is 9.25. The Labute approximate surface area is 167 Å². The normalized spacial score (nSPS) is 10.8. The SMILES string of the molecule is COc1ccc(Cc2nc3ccccc3n2CC(=O)Nc2ccccc2F)cc1. The lowest BCUT2D eigenvalue weighted by atomic mass is 10.1. The summed E-state index contributed by atoms with van der Waals surface area (Å²) in [6.07, 6.45) is 0.561. The standard InChI is InChI=1S/C23H20FN3O2/c1-29-17-12-10-16(11-13-17)14-22-25-20-8-4-5-9-21(20)27(22)15-23(28)26-19-7-3-2-6-18(19)24/h2-13H,14-15H2,1H3,(H,26,28). The molecule has 0 aliphatic rings. The van der Waals surface area contributed by atoms with E-state index in [0.29, 0.717) is 6.42 Å². The number of amides is 1. The summed E-state index contributed by atoms with van der Waals surface area (Å²) in [4.78, 5) is 17.3. The summed E-state index contributed by atoms with van der Waals surface area (Å²) in [6.45, 7) is 0.0420. The number of nitrogens with zero attached hydrogens (tertiary/aromatic N) is 2. The number of rotatable bonds is 6. The smallest absolute Gasteiger partial charge is 0.244 e. The fourth-order valence-electron chi connectivity index (χ4n) is 3.26. The Hall–Kier alpha value is -3.67. The molecule has 1 amide bonds. The highest BCUT2D eigenvalue weighted by Crippen LogP contribution is 2.21. The quantitative estimate of drug-likeness (QED) is 0.531. The van der Waals surface area contributed by atoms with E-state index < -0.39 is 5.82 Å². The van der Waals surface area contributed by atoms with Gasteiger partial charge in [-0.2, -0.15) is 0 Å². The number of hydrogen-bond acceptors (Lipinski definition) is 3. The predicted molar refractivity (Wildman–Crippen MR) is 111 cm³/mol. The van der Waals surface area contributed by atoms with E-state index in [9.17, 15) is 9.18 Å². The molecule has 0 atom stereocenters. The average Bonchev–Trinajstić information content (AvgIpc) is 3.07. The minimum Gasteiger partial charge on any atom is -0.497 e. The minimum absolute atomic E-state index is 0.0420. The number of benzene rings is 3. The summed E-state index contributed by atoms with van der Waals surface area (Å²) in [7, 11) is 1.63. The summed E-state index contributed by atoms with van der Waals surface area (Å²) in [5.74, 6) is 0.774. The molecular weight excluding hydrogens is 369 g/mol. The van der Waals surface area contributed by atoms with Crippen molar-refractivity contribution in [1.29, 1.82) is 0 Å². The Bertz CT molecular complexity index is 1150. The van der Waals surface area contributed by atoms with Crippen molar-refractivity contribution in [2.45, 2.75) is 13.0 Å². The molecular formula is C23H20FN3O2. The number of hydrogen-bond donors (Lipinski definition) is 1. The van der Waals surface area contributed by atoms with Gasteiger partial charge in [-0.3, -0.25) is 4.79 Å². The maximum Gasteiger partial charge on any atom is 0.244 e. The van der Waals surface area contributed by atoms with Crippen molar-refractivity contribution in [1.82, 2.24) is 9.55 Å². The van der Waals surface area contributed by atoms with Crippen LogP contribution in [-0.2, 0) is 17.8 Å². The zero-order valence-corrected chi connectivity index (χ0v) is 15.9. The van der Waals surface area contributed by atoms with Crippen LogP contribution in [-0.4, -0.2) is 22.6 Å². The highest BCUT2D eigenvalue weighted by atomic mass is 19.1. The van der Waals surface area contributed by atoms with Gasteiger partial charge in [0, 0.05) is 6.42 Å². The molecule has 0 fully saturated rings.